The van der Waals surface area contributed by atoms with E-state index in [1.807, 2.05) is 32.0 Å². The van der Waals surface area contributed by atoms with E-state index in [1.165, 1.54) is 12.1 Å². The number of aryl methyl sites for hydroxylation is 2. The zero-order valence-corrected chi connectivity index (χ0v) is 14.3. The molecule has 0 atom stereocenters. The predicted octanol–water partition coefficient (Wildman–Crippen LogP) is 1.02. The molecule has 3 aromatic rings. The summed E-state index contributed by atoms with van der Waals surface area (Å²) in [4.78, 5) is 36.2. The number of aromatic carboxylic acids is 1. The zero-order valence-electron chi connectivity index (χ0n) is 14.3. The lowest BCUT2D eigenvalue weighted by Crippen LogP contribution is -2.34. The summed E-state index contributed by atoms with van der Waals surface area (Å²) in [5.41, 5.74) is 1.56. The number of carbonyl (C=O) groups is 2. The first-order chi connectivity index (χ1) is 12.4. The highest BCUT2D eigenvalue weighted by molar-refractivity contribution is 6.00. The van der Waals surface area contributed by atoms with Gasteiger partial charge in [-0.15, -0.1) is 0 Å². The number of benzene rings is 2. The van der Waals surface area contributed by atoms with Gasteiger partial charge in [0, 0.05) is 11.1 Å². The van der Waals surface area contributed by atoms with Gasteiger partial charge in [0.2, 0.25) is 5.91 Å². The maximum atomic E-state index is 12.5. The van der Waals surface area contributed by atoms with Gasteiger partial charge >= 0.3 is 0 Å². The van der Waals surface area contributed by atoms with Crippen molar-refractivity contribution in [3.63, 3.8) is 0 Å². The first kappa shape index (κ1) is 17.3. The van der Waals surface area contributed by atoms with E-state index in [9.17, 15) is 19.5 Å². The van der Waals surface area contributed by atoms with Crippen molar-refractivity contribution < 1.29 is 14.7 Å². The van der Waals surface area contributed by atoms with Crippen LogP contribution in [0.2, 0.25) is 0 Å². The molecule has 0 saturated carbocycles. The molecule has 0 spiro atoms. The van der Waals surface area contributed by atoms with Crippen molar-refractivity contribution in [1.29, 1.82) is 0 Å². The van der Waals surface area contributed by atoms with E-state index in [2.05, 4.69) is 10.4 Å². The fourth-order valence-corrected chi connectivity index (χ4v) is 2.69. The fraction of sp³-hybridized carbons (Fsp3) is 0.158. The van der Waals surface area contributed by atoms with Gasteiger partial charge in [-0.05, 0) is 37.1 Å². The number of rotatable bonds is 4. The van der Waals surface area contributed by atoms with Gasteiger partial charge in [0.15, 0.2) is 0 Å². The third-order valence-electron chi connectivity index (χ3n) is 4.02. The van der Waals surface area contributed by atoms with E-state index < -0.39 is 24.0 Å². The maximum absolute atomic E-state index is 12.5. The van der Waals surface area contributed by atoms with Crippen molar-refractivity contribution in [2.24, 2.45) is 0 Å². The third-order valence-corrected chi connectivity index (χ3v) is 4.02. The van der Waals surface area contributed by atoms with Crippen LogP contribution in [-0.4, -0.2) is 21.7 Å². The summed E-state index contributed by atoms with van der Waals surface area (Å²) in [6, 6.07) is 11.8. The monoisotopic (exact) mass is 350 g/mol. The SMILES string of the molecule is Cc1ccc(C)c(NC(=O)Cn2nc(C(=O)[O-])c3ccccc3c2=O)c1. The average molecular weight is 350 g/mol. The molecule has 1 heterocycles. The number of carboxylic acid groups (broad SMARTS) is 1. The Kier molecular flexibility index (Phi) is 4.53. The molecule has 0 radical (unpaired) electrons. The van der Waals surface area contributed by atoms with Crippen molar-refractivity contribution >= 4 is 28.3 Å². The summed E-state index contributed by atoms with van der Waals surface area (Å²) >= 11 is 0. The second kappa shape index (κ2) is 6.79. The highest BCUT2D eigenvalue weighted by atomic mass is 16.4. The molecule has 0 aliphatic carbocycles. The number of carboxylic acids is 1. The fourth-order valence-electron chi connectivity index (χ4n) is 2.69. The van der Waals surface area contributed by atoms with Crippen molar-refractivity contribution in [2.45, 2.75) is 20.4 Å². The van der Waals surface area contributed by atoms with Gasteiger partial charge < -0.3 is 15.2 Å². The van der Waals surface area contributed by atoms with Crippen molar-refractivity contribution in [1.82, 2.24) is 9.78 Å². The van der Waals surface area contributed by atoms with Crippen LogP contribution in [0.15, 0.2) is 47.3 Å². The first-order valence-corrected chi connectivity index (χ1v) is 7.95. The van der Waals surface area contributed by atoms with E-state index >= 15 is 0 Å². The van der Waals surface area contributed by atoms with Crippen LogP contribution in [0.3, 0.4) is 0 Å². The molecule has 0 bridgehead atoms. The Bertz CT molecular complexity index is 1090. The molecule has 0 saturated heterocycles. The van der Waals surface area contributed by atoms with Crippen LogP contribution >= 0.6 is 0 Å². The lowest BCUT2D eigenvalue weighted by molar-refractivity contribution is -0.255. The van der Waals surface area contributed by atoms with Gasteiger partial charge in [0.25, 0.3) is 5.56 Å². The number of fused-ring (bicyclic) bond motifs is 1. The third kappa shape index (κ3) is 3.32. The van der Waals surface area contributed by atoms with Gasteiger partial charge in [-0.2, -0.15) is 5.10 Å². The van der Waals surface area contributed by atoms with E-state index in [0.29, 0.717) is 5.69 Å². The smallest absolute Gasteiger partial charge is 0.275 e. The number of amides is 1. The number of nitrogens with zero attached hydrogens (tertiary/aromatic N) is 2. The predicted molar refractivity (Wildman–Crippen MR) is 94.9 cm³/mol. The van der Waals surface area contributed by atoms with Crippen LogP contribution in [0, 0.1) is 13.8 Å². The van der Waals surface area contributed by atoms with Crippen molar-refractivity contribution in [3.05, 3.63) is 69.6 Å². The van der Waals surface area contributed by atoms with Crippen LogP contribution in [0.5, 0.6) is 0 Å². The summed E-state index contributed by atoms with van der Waals surface area (Å²) in [6.45, 7) is 3.34. The molecule has 0 aliphatic rings. The summed E-state index contributed by atoms with van der Waals surface area (Å²) in [6.07, 6.45) is 0. The average Bonchev–Trinajstić information content (AvgIpc) is 2.60. The Balaban J connectivity index is 1.97. The summed E-state index contributed by atoms with van der Waals surface area (Å²) in [7, 11) is 0. The Morgan fingerprint density at radius 3 is 2.50 bits per heavy atom. The highest BCUT2D eigenvalue weighted by Gasteiger charge is 2.14. The molecule has 1 amide bonds. The molecule has 2 aromatic carbocycles. The Labute approximate surface area is 148 Å². The number of hydrogen-bond donors (Lipinski definition) is 1. The van der Waals surface area contributed by atoms with Crippen LogP contribution in [0.4, 0.5) is 5.69 Å². The van der Waals surface area contributed by atoms with Gasteiger partial charge in [-0.25, -0.2) is 4.68 Å². The van der Waals surface area contributed by atoms with E-state index in [0.717, 1.165) is 15.8 Å². The van der Waals surface area contributed by atoms with Crippen LogP contribution < -0.4 is 16.0 Å². The topological polar surface area (TPSA) is 104 Å². The van der Waals surface area contributed by atoms with Crippen molar-refractivity contribution in [2.75, 3.05) is 5.32 Å². The number of hydrogen-bond acceptors (Lipinski definition) is 5. The number of nitrogens with one attached hydrogen (secondary N) is 1. The van der Waals surface area contributed by atoms with Gasteiger partial charge in [0.05, 0.1) is 11.4 Å². The summed E-state index contributed by atoms with van der Waals surface area (Å²) in [5, 5.41) is 18.2. The number of anilines is 1. The minimum atomic E-state index is -1.51. The second-order valence-corrected chi connectivity index (χ2v) is 6.01. The normalized spacial score (nSPS) is 10.7. The quantitative estimate of drug-likeness (QED) is 0.756. The molecule has 0 fully saturated rings. The van der Waals surface area contributed by atoms with Gasteiger partial charge in [0.1, 0.15) is 12.2 Å². The molecule has 7 nitrogen and oxygen atoms in total. The second-order valence-electron chi connectivity index (χ2n) is 6.01. The largest absolute Gasteiger partial charge is 0.543 e. The molecule has 0 unspecified atom stereocenters. The molecule has 7 heteroatoms. The molecule has 0 aliphatic heterocycles. The highest BCUT2D eigenvalue weighted by Crippen LogP contribution is 2.16. The molecular formula is C19H16N3O4-. The van der Waals surface area contributed by atoms with Crippen LogP contribution in [0.1, 0.15) is 21.6 Å². The summed E-state index contributed by atoms with van der Waals surface area (Å²) in [5.74, 6) is -1.99. The summed E-state index contributed by atoms with van der Waals surface area (Å²) < 4.78 is 0.841. The standard InChI is InChI=1S/C19H17N3O4/c1-11-7-8-12(2)15(9-11)20-16(23)10-22-18(24)14-6-4-3-5-13(14)17(21-22)19(25)26/h3-9H,10H2,1-2H3,(H,20,23)(H,25,26)/p-1. The lowest BCUT2D eigenvalue weighted by atomic mass is 10.1. The van der Waals surface area contributed by atoms with E-state index in [4.69, 9.17) is 0 Å². The Morgan fingerprint density at radius 1 is 1.12 bits per heavy atom. The minimum Gasteiger partial charge on any atom is -0.543 e. The molecule has 3 rings (SSSR count). The Hall–Kier alpha value is -3.48. The van der Waals surface area contributed by atoms with Crippen LogP contribution in [0.25, 0.3) is 10.8 Å². The number of carbonyl (C=O) groups excluding carboxylic acids is 2. The lowest BCUT2D eigenvalue weighted by Gasteiger charge is -2.13. The zero-order chi connectivity index (χ0) is 18.8. The Morgan fingerprint density at radius 2 is 1.81 bits per heavy atom. The van der Waals surface area contributed by atoms with Crippen molar-refractivity contribution in [3.8, 4) is 0 Å². The van der Waals surface area contributed by atoms with Crippen LogP contribution in [-0.2, 0) is 11.3 Å². The van der Waals surface area contributed by atoms with E-state index in [-0.39, 0.29) is 16.5 Å². The molecular weight excluding hydrogens is 334 g/mol. The maximum Gasteiger partial charge on any atom is 0.275 e. The van der Waals surface area contributed by atoms with E-state index in [1.54, 1.807) is 12.1 Å². The van der Waals surface area contributed by atoms with Gasteiger partial charge in [-0.1, -0.05) is 30.3 Å². The molecule has 132 valence electrons. The minimum absolute atomic E-state index is 0.168. The van der Waals surface area contributed by atoms with Gasteiger partial charge in [-0.3, -0.25) is 9.59 Å². The molecule has 1 N–H and O–H groups in total. The first-order valence-electron chi connectivity index (χ1n) is 7.95. The molecule has 26 heavy (non-hydrogen) atoms. The molecule has 1 aromatic heterocycles. The number of aromatic nitrogens is 2.